The molecule has 1 aromatic rings. The molecule has 0 amide bonds. The van der Waals surface area contributed by atoms with Gasteiger partial charge in [0.05, 0.1) is 13.2 Å². The third kappa shape index (κ3) is 6.22. The SMILES string of the molecule is CN=C(NCC(C)N1CCOCC1C)N(C)Cc1ccccc1.I. The van der Waals surface area contributed by atoms with E-state index < -0.39 is 0 Å². The number of halogens is 1. The average molecular weight is 446 g/mol. The Morgan fingerprint density at radius 2 is 2.12 bits per heavy atom. The number of hydrogen-bond acceptors (Lipinski definition) is 3. The van der Waals surface area contributed by atoms with Gasteiger partial charge in [-0.25, -0.2) is 0 Å². The van der Waals surface area contributed by atoms with Crippen LogP contribution in [0.5, 0.6) is 0 Å². The molecular weight excluding hydrogens is 415 g/mol. The van der Waals surface area contributed by atoms with Crippen LogP contribution in [0.15, 0.2) is 35.3 Å². The van der Waals surface area contributed by atoms with Crippen LogP contribution in [0.2, 0.25) is 0 Å². The number of morpholine rings is 1. The van der Waals surface area contributed by atoms with Gasteiger partial charge in [-0.2, -0.15) is 0 Å². The molecule has 0 radical (unpaired) electrons. The molecular formula is C18H31IN4O. The third-order valence-electron chi connectivity index (χ3n) is 4.38. The van der Waals surface area contributed by atoms with Gasteiger partial charge in [-0.3, -0.25) is 9.89 Å². The van der Waals surface area contributed by atoms with Crippen molar-refractivity contribution in [2.75, 3.05) is 40.4 Å². The Morgan fingerprint density at radius 3 is 2.75 bits per heavy atom. The van der Waals surface area contributed by atoms with Crippen LogP contribution in [0, 0.1) is 0 Å². The molecule has 136 valence electrons. The van der Waals surface area contributed by atoms with Crippen LogP contribution in [-0.4, -0.2) is 68.2 Å². The fourth-order valence-corrected chi connectivity index (χ4v) is 3.07. The summed E-state index contributed by atoms with van der Waals surface area (Å²) < 4.78 is 5.52. The van der Waals surface area contributed by atoms with Gasteiger partial charge in [-0.15, -0.1) is 24.0 Å². The maximum atomic E-state index is 5.52. The van der Waals surface area contributed by atoms with Crippen LogP contribution in [0.3, 0.4) is 0 Å². The maximum absolute atomic E-state index is 5.52. The molecule has 6 heteroatoms. The van der Waals surface area contributed by atoms with Gasteiger partial charge < -0.3 is 15.0 Å². The molecule has 5 nitrogen and oxygen atoms in total. The van der Waals surface area contributed by atoms with Crippen molar-refractivity contribution >= 4 is 29.9 Å². The Balaban J connectivity index is 0.00000288. The smallest absolute Gasteiger partial charge is 0.193 e. The largest absolute Gasteiger partial charge is 0.379 e. The number of ether oxygens (including phenoxy) is 1. The van der Waals surface area contributed by atoms with Gasteiger partial charge in [-0.1, -0.05) is 30.3 Å². The van der Waals surface area contributed by atoms with Gasteiger partial charge in [-0.05, 0) is 19.4 Å². The predicted octanol–water partition coefficient (Wildman–Crippen LogP) is 2.42. The van der Waals surface area contributed by atoms with E-state index in [0.717, 1.165) is 38.8 Å². The second kappa shape index (κ2) is 10.9. The minimum absolute atomic E-state index is 0. The summed E-state index contributed by atoms with van der Waals surface area (Å²) in [6.45, 7) is 8.89. The number of nitrogens with one attached hydrogen (secondary N) is 1. The van der Waals surface area contributed by atoms with E-state index in [2.05, 4.69) is 65.3 Å². The molecule has 1 aromatic carbocycles. The fraction of sp³-hybridized carbons (Fsp3) is 0.611. The van der Waals surface area contributed by atoms with Crippen LogP contribution < -0.4 is 5.32 Å². The van der Waals surface area contributed by atoms with E-state index in [9.17, 15) is 0 Å². The van der Waals surface area contributed by atoms with Crippen molar-refractivity contribution in [1.29, 1.82) is 0 Å². The van der Waals surface area contributed by atoms with Crippen LogP contribution in [0.1, 0.15) is 19.4 Å². The van der Waals surface area contributed by atoms with Gasteiger partial charge in [0.2, 0.25) is 0 Å². The zero-order valence-electron chi connectivity index (χ0n) is 15.2. The first-order valence-electron chi connectivity index (χ1n) is 8.41. The monoisotopic (exact) mass is 446 g/mol. The lowest BCUT2D eigenvalue weighted by molar-refractivity contribution is -0.0175. The molecule has 1 fully saturated rings. The lowest BCUT2D eigenvalue weighted by Crippen LogP contribution is -2.53. The summed E-state index contributed by atoms with van der Waals surface area (Å²) in [6.07, 6.45) is 0. The average Bonchev–Trinajstić information content (AvgIpc) is 2.56. The van der Waals surface area contributed by atoms with E-state index in [-0.39, 0.29) is 24.0 Å². The summed E-state index contributed by atoms with van der Waals surface area (Å²) in [5, 5.41) is 3.50. The van der Waals surface area contributed by atoms with Crippen molar-refractivity contribution < 1.29 is 4.74 Å². The Kier molecular flexibility index (Phi) is 9.61. The molecule has 0 spiro atoms. The van der Waals surface area contributed by atoms with E-state index in [0.29, 0.717) is 12.1 Å². The Morgan fingerprint density at radius 1 is 1.42 bits per heavy atom. The summed E-state index contributed by atoms with van der Waals surface area (Å²) in [6, 6.07) is 11.4. The van der Waals surface area contributed by atoms with E-state index in [1.165, 1.54) is 5.56 Å². The van der Waals surface area contributed by atoms with Crippen molar-refractivity contribution in [1.82, 2.24) is 15.1 Å². The number of benzene rings is 1. The van der Waals surface area contributed by atoms with Crippen molar-refractivity contribution in [2.24, 2.45) is 4.99 Å². The topological polar surface area (TPSA) is 40.1 Å². The second-order valence-electron chi connectivity index (χ2n) is 6.28. The third-order valence-corrected chi connectivity index (χ3v) is 4.38. The fourth-order valence-electron chi connectivity index (χ4n) is 3.07. The van der Waals surface area contributed by atoms with Crippen LogP contribution >= 0.6 is 24.0 Å². The van der Waals surface area contributed by atoms with E-state index in [4.69, 9.17) is 4.74 Å². The number of rotatable bonds is 5. The standard InChI is InChI=1S/C18H30N4O.HI/c1-15(22-10-11-23-14-16(22)2)12-20-18(19-3)21(4)13-17-8-6-5-7-9-17;/h5-9,15-16H,10-14H2,1-4H3,(H,19,20);1H. The van der Waals surface area contributed by atoms with Crippen LogP contribution in [0.25, 0.3) is 0 Å². The summed E-state index contributed by atoms with van der Waals surface area (Å²) in [7, 11) is 3.91. The molecule has 2 rings (SSSR count). The summed E-state index contributed by atoms with van der Waals surface area (Å²) in [5.41, 5.74) is 1.28. The summed E-state index contributed by atoms with van der Waals surface area (Å²) in [4.78, 5) is 9.07. The molecule has 0 aromatic heterocycles. The van der Waals surface area contributed by atoms with Gasteiger partial charge in [0.1, 0.15) is 0 Å². The first-order chi connectivity index (χ1) is 11.1. The van der Waals surface area contributed by atoms with Gasteiger partial charge >= 0.3 is 0 Å². The predicted molar refractivity (Wildman–Crippen MR) is 111 cm³/mol. The molecule has 2 atom stereocenters. The molecule has 1 aliphatic heterocycles. The first kappa shape index (κ1) is 21.2. The zero-order chi connectivity index (χ0) is 16.7. The summed E-state index contributed by atoms with van der Waals surface area (Å²) in [5.74, 6) is 0.932. The quantitative estimate of drug-likeness (QED) is 0.429. The Hall–Kier alpha value is -0.860. The molecule has 0 aliphatic carbocycles. The first-order valence-corrected chi connectivity index (χ1v) is 8.41. The molecule has 1 aliphatic rings. The van der Waals surface area contributed by atoms with Crippen molar-refractivity contribution in [3.05, 3.63) is 35.9 Å². The van der Waals surface area contributed by atoms with Crippen LogP contribution in [-0.2, 0) is 11.3 Å². The molecule has 1 N–H and O–H groups in total. The zero-order valence-corrected chi connectivity index (χ0v) is 17.6. The van der Waals surface area contributed by atoms with Crippen molar-refractivity contribution in [2.45, 2.75) is 32.5 Å². The number of guanidine groups is 1. The minimum atomic E-state index is 0. The van der Waals surface area contributed by atoms with E-state index in [1.807, 2.05) is 13.1 Å². The van der Waals surface area contributed by atoms with Gasteiger partial charge in [0, 0.05) is 45.8 Å². The van der Waals surface area contributed by atoms with Gasteiger partial charge in [0.15, 0.2) is 5.96 Å². The van der Waals surface area contributed by atoms with Gasteiger partial charge in [0.25, 0.3) is 0 Å². The normalized spacial score (nSPS) is 20.2. The second-order valence-corrected chi connectivity index (χ2v) is 6.28. The molecule has 1 heterocycles. The lowest BCUT2D eigenvalue weighted by atomic mass is 10.2. The lowest BCUT2D eigenvalue weighted by Gasteiger charge is -2.38. The minimum Gasteiger partial charge on any atom is -0.379 e. The highest BCUT2D eigenvalue weighted by Crippen LogP contribution is 2.10. The highest BCUT2D eigenvalue weighted by atomic mass is 127. The summed E-state index contributed by atoms with van der Waals surface area (Å²) >= 11 is 0. The number of nitrogens with zero attached hydrogens (tertiary/aromatic N) is 3. The van der Waals surface area contributed by atoms with Crippen molar-refractivity contribution in [3.8, 4) is 0 Å². The maximum Gasteiger partial charge on any atom is 0.193 e. The Labute approximate surface area is 163 Å². The number of aliphatic imine (C=N–C) groups is 1. The highest BCUT2D eigenvalue weighted by Gasteiger charge is 2.23. The van der Waals surface area contributed by atoms with E-state index in [1.54, 1.807) is 0 Å². The highest BCUT2D eigenvalue weighted by molar-refractivity contribution is 14.0. The van der Waals surface area contributed by atoms with Crippen LogP contribution in [0.4, 0.5) is 0 Å². The molecule has 0 bridgehead atoms. The Bertz CT molecular complexity index is 497. The van der Waals surface area contributed by atoms with E-state index >= 15 is 0 Å². The molecule has 2 unspecified atom stereocenters. The molecule has 24 heavy (non-hydrogen) atoms. The molecule has 1 saturated heterocycles. The number of hydrogen-bond donors (Lipinski definition) is 1. The van der Waals surface area contributed by atoms with Crippen molar-refractivity contribution in [3.63, 3.8) is 0 Å². The molecule has 0 saturated carbocycles.